The van der Waals surface area contributed by atoms with Gasteiger partial charge in [-0.3, -0.25) is 0 Å². The van der Waals surface area contributed by atoms with Gasteiger partial charge < -0.3 is 10.5 Å². The Hall–Kier alpha value is -1.62. The number of hydrogen-bond acceptors (Lipinski definition) is 4. The highest BCUT2D eigenvalue weighted by molar-refractivity contribution is 5.57. The standard InChI is InChI=1S/C14H20N4O/c1-14(2,3)12-8-11-13(16-4-5-18(11)17-12)19-10-6-9(15)7-10/h4-5,8-10H,6-7,15H2,1-3H3. The first-order valence-electron chi connectivity index (χ1n) is 6.70. The average molecular weight is 260 g/mol. The predicted octanol–water partition coefficient (Wildman–Crippen LogP) is 1.90. The summed E-state index contributed by atoms with van der Waals surface area (Å²) in [5.74, 6) is 0.655. The molecule has 102 valence electrons. The molecule has 5 nitrogen and oxygen atoms in total. The Kier molecular flexibility index (Phi) is 2.74. The maximum atomic E-state index is 5.91. The lowest BCUT2D eigenvalue weighted by molar-refractivity contribution is 0.0971. The molecule has 1 saturated carbocycles. The summed E-state index contributed by atoms with van der Waals surface area (Å²) >= 11 is 0. The van der Waals surface area contributed by atoms with Gasteiger partial charge in [0, 0.05) is 23.9 Å². The molecule has 0 amide bonds. The van der Waals surface area contributed by atoms with Crippen LogP contribution in [-0.4, -0.2) is 26.7 Å². The molecular formula is C14H20N4O. The highest BCUT2D eigenvalue weighted by Crippen LogP contribution is 2.28. The van der Waals surface area contributed by atoms with Gasteiger partial charge >= 0.3 is 0 Å². The minimum Gasteiger partial charge on any atom is -0.473 e. The van der Waals surface area contributed by atoms with E-state index in [1.165, 1.54) is 0 Å². The van der Waals surface area contributed by atoms with E-state index in [-0.39, 0.29) is 17.6 Å². The Morgan fingerprint density at radius 2 is 2.11 bits per heavy atom. The van der Waals surface area contributed by atoms with E-state index in [0.717, 1.165) is 24.1 Å². The molecule has 19 heavy (non-hydrogen) atoms. The molecule has 3 rings (SSSR count). The summed E-state index contributed by atoms with van der Waals surface area (Å²) in [5, 5.41) is 4.58. The third-order valence-corrected chi connectivity index (χ3v) is 3.53. The Morgan fingerprint density at radius 3 is 2.74 bits per heavy atom. The van der Waals surface area contributed by atoms with E-state index in [9.17, 15) is 0 Å². The molecule has 5 heteroatoms. The second-order valence-corrected chi connectivity index (χ2v) is 6.31. The molecule has 2 N–H and O–H groups in total. The van der Waals surface area contributed by atoms with Gasteiger partial charge in [0.1, 0.15) is 11.6 Å². The summed E-state index contributed by atoms with van der Waals surface area (Å²) in [5.41, 5.74) is 7.76. The fourth-order valence-corrected chi connectivity index (χ4v) is 2.22. The largest absolute Gasteiger partial charge is 0.473 e. The number of aromatic nitrogens is 3. The number of fused-ring (bicyclic) bond motifs is 1. The smallest absolute Gasteiger partial charge is 0.240 e. The molecule has 1 aliphatic rings. The summed E-state index contributed by atoms with van der Waals surface area (Å²) in [7, 11) is 0. The predicted molar refractivity (Wildman–Crippen MR) is 73.3 cm³/mol. The molecule has 0 radical (unpaired) electrons. The highest BCUT2D eigenvalue weighted by Gasteiger charge is 2.29. The van der Waals surface area contributed by atoms with Gasteiger partial charge in [0.05, 0.1) is 5.69 Å². The minimum atomic E-state index is 0.0160. The maximum Gasteiger partial charge on any atom is 0.240 e. The molecule has 0 saturated heterocycles. The Labute approximate surface area is 112 Å². The fraction of sp³-hybridized carbons (Fsp3) is 0.571. The van der Waals surface area contributed by atoms with Crippen molar-refractivity contribution in [1.82, 2.24) is 14.6 Å². The van der Waals surface area contributed by atoms with Gasteiger partial charge in [0.2, 0.25) is 5.88 Å². The summed E-state index contributed by atoms with van der Waals surface area (Å²) < 4.78 is 7.74. The van der Waals surface area contributed by atoms with E-state index >= 15 is 0 Å². The first-order valence-corrected chi connectivity index (χ1v) is 6.70. The minimum absolute atomic E-state index is 0.0160. The van der Waals surface area contributed by atoms with Crippen molar-refractivity contribution in [3.8, 4) is 5.88 Å². The van der Waals surface area contributed by atoms with E-state index in [1.54, 1.807) is 6.20 Å². The molecular weight excluding hydrogens is 240 g/mol. The van der Waals surface area contributed by atoms with Crippen molar-refractivity contribution in [3.63, 3.8) is 0 Å². The quantitative estimate of drug-likeness (QED) is 0.895. The zero-order valence-electron chi connectivity index (χ0n) is 11.6. The molecule has 1 aliphatic carbocycles. The third kappa shape index (κ3) is 2.30. The molecule has 2 heterocycles. The van der Waals surface area contributed by atoms with Crippen LogP contribution < -0.4 is 10.5 Å². The van der Waals surface area contributed by atoms with Crippen LogP contribution in [0.4, 0.5) is 0 Å². The highest BCUT2D eigenvalue weighted by atomic mass is 16.5. The normalized spacial score (nSPS) is 23.4. The monoisotopic (exact) mass is 260 g/mol. The lowest BCUT2D eigenvalue weighted by Gasteiger charge is -2.32. The molecule has 0 unspecified atom stereocenters. The van der Waals surface area contributed by atoms with Gasteiger partial charge in [0.15, 0.2) is 0 Å². The van der Waals surface area contributed by atoms with Gasteiger partial charge in [0.25, 0.3) is 0 Å². The summed E-state index contributed by atoms with van der Waals surface area (Å²) in [6.45, 7) is 6.44. The SMILES string of the molecule is CC(C)(C)c1cc2c(OC3CC(N)C3)nccn2n1. The van der Waals surface area contributed by atoms with E-state index < -0.39 is 0 Å². The topological polar surface area (TPSA) is 65.4 Å². The molecule has 0 bridgehead atoms. The second-order valence-electron chi connectivity index (χ2n) is 6.31. The number of ether oxygens (including phenoxy) is 1. The van der Waals surface area contributed by atoms with E-state index in [0.29, 0.717) is 5.88 Å². The van der Waals surface area contributed by atoms with E-state index in [4.69, 9.17) is 10.5 Å². The van der Waals surface area contributed by atoms with Crippen LogP contribution in [0, 0.1) is 0 Å². The number of nitrogens with zero attached hydrogens (tertiary/aromatic N) is 3. The van der Waals surface area contributed by atoms with Gasteiger partial charge in [-0.2, -0.15) is 5.10 Å². The first-order chi connectivity index (χ1) is 8.93. The Morgan fingerprint density at radius 1 is 1.37 bits per heavy atom. The van der Waals surface area contributed by atoms with Crippen molar-refractivity contribution in [2.45, 2.75) is 51.2 Å². The summed E-state index contributed by atoms with van der Waals surface area (Å²) in [4.78, 5) is 4.33. The van der Waals surface area contributed by atoms with Crippen LogP contribution in [0.3, 0.4) is 0 Å². The molecule has 2 aromatic heterocycles. The maximum absolute atomic E-state index is 5.91. The zero-order chi connectivity index (χ0) is 13.6. The Bertz CT molecular complexity index is 593. The number of nitrogens with two attached hydrogens (primary N) is 1. The van der Waals surface area contributed by atoms with Crippen LogP contribution in [0.5, 0.6) is 5.88 Å². The zero-order valence-corrected chi connectivity index (χ0v) is 11.6. The van der Waals surface area contributed by atoms with Crippen molar-refractivity contribution >= 4 is 5.52 Å². The third-order valence-electron chi connectivity index (χ3n) is 3.53. The van der Waals surface area contributed by atoms with E-state index in [1.807, 2.05) is 10.7 Å². The van der Waals surface area contributed by atoms with Gasteiger partial charge in [-0.25, -0.2) is 9.50 Å². The first kappa shape index (κ1) is 12.4. The summed E-state index contributed by atoms with van der Waals surface area (Å²) in [6.07, 6.45) is 5.58. The van der Waals surface area contributed by atoms with Crippen LogP contribution >= 0.6 is 0 Å². The van der Waals surface area contributed by atoms with Crippen LogP contribution in [-0.2, 0) is 5.41 Å². The summed E-state index contributed by atoms with van der Waals surface area (Å²) in [6, 6.07) is 2.33. The van der Waals surface area contributed by atoms with Crippen LogP contribution in [0.2, 0.25) is 0 Å². The van der Waals surface area contributed by atoms with Crippen LogP contribution in [0.1, 0.15) is 39.3 Å². The lowest BCUT2D eigenvalue weighted by Crippen LogP contribution is -2.43. The van der Waals surface area contributed by atoms with Crippen LogP contribution in [0.15, 0.2) is 18.5 Å². The molecule has 0 spiro atoms. The number of rotatable bonds is 2. The van der Waals surface area contributed by atoms with Gasteiger partial charge in [-0.05, 0) is 18.9 Å². The fourth-order valence-electron chi connectivity index (χ4n) is 2.22. The van der Waals surface area contributed by atoms with E-state index in [2.05, 4.69) is 36.9 Å². The van der Waals surface area contributed by atoms with Gasteiger partial charge in [-0.1, -0.05) is 20.8 Å². The molecule has 0 aromatic carbocycles. The number of hydrogen-bond donors (Lipinski definition) is 1. The molecule has 2 aromatic rings. The van der Waals surface area contributed by atoms with Crippen molar-refractivity contribution in [1.29, 1.82) is 0 Å². The lowest BCUT2D eigenvalue weighted by atomic mass is 9.90. The molecule has 0 atom stereocenters. The van der Waals surface area contributed by atoms with Gasteiger partial charge in [-0.15, -0.1) is 0 Å². The average Bonchev–Trinajstić information content (AvgIpc) is 2.71. The molecule has 0 aliphatic heterocycles. The Balaban J connectivity index is 1.93. The van der Waals surface area contributed by atoms with Crippen LogP contribution in [0.25, 0.3) is 5.52 Å². The van der Waals surface area contributed by atoms with Crippen molar-refractivity contribution in [3.05, 3.63) is 24.2 Å². The van der Waals surface area contributed by atoms with Crippen molar-refractivity contribution in [2.24, 2.45) is 5.73 Å². The molecule has 1 fully saturated rings. The van der Waals surface area contributed by atoms with Crippen molar-refractivity contribution in [2.75, 3.05) is 0 Å². The van der Waals surface area contributed by atoms with Crippen molar-refractivity contribution < 1.29 is 4.74 Å². The second kappa shape index (κ2) is 4.20.